The molecule has 2 aliphatic heterocycles. The van der Waals surface area contributed by atoms with Crippen LogP contribution in [-0.2, 0) is 0 Å². The Morgan fingerprint density at radius 2 is 1.85 bits per heavy atom. The molecule has 6 nitrogen and oxygen atoms in total. The third-order valence-corrected chi connectivity index (χ3v) is 6.12. The lowest BCUT2D eigenvalue weighted by Crippen LogP contribution is -2.53. The Labute approximate surface area is 184 Å². The lowest BCUT2D eigenvalue weighted by atomic mass is 10.0. The van der Waals surface area contributed by atoms with Crippen LogP contribution in [0.15, 0.2) is 4.99 Å². The molecule has 0 bridgehead atoms. The Kier molecular flexibility index (Phi) is 12.9. The number of guanidine groups is 1. The Hall–Kier alpha value is -0.120. The van der Waals surface area contributed by atoms with E-state index in [-0.39, 0.29) is 24.0 Å². The van der Waals surface area contributed by atoms with E-state index in [2.05, 4.69) is 51.1 Å². The van der Waals surface area contributed by atoms with Crippen LogP contribution in [0.5, 0.6) is 0 Å². The zero-order valence-corrected chi connectivity index (χ0v) is 20.4. The van der Waals surface area contributed by atoms with E-state index in [0.29, 0.717) is 6.04 Å². The van der Waals surface area contributed by atoms with E-state index in [4.69, 9.17) is 0 Å². The van der Waals surface area contributed by atoms with Crippen molar-refractivity contribution in [1.82, 2.24) is 25.3 Å². The highest BCUT2D eigenvalue weighted by molar-refractivity contribution is 14.0. The van der Waals surface area contributed by atoms with Crippen molar-refractivity contribution < 1.29 is 0 Å². The van der Waals surface area contributed by atoms with Crippen molar-refractivity contribution in [3.63, 3.8) is 0 Å². The molecule has 0 aromatic rings. The van der Waals surface area contributed by atoms with Crippen LogP contribution >= 0.6 is 24.0 Å². The largest absolute Gasteiger partial charge is 0.356 e. The van der Waals surface area contributed by atoms with Gasteiger partial charge in [0, 0.05) is 64.9 Å². The molecule has 2 atom stereocenters. The molecule has 160 valence electrons. The second kappa shape index (κ2) is 14.0. The van der Waals surface area contributed by atoms with E-state index >= 15 is 0 Å². The van der Waals surface area contributed by atoms with Gasteiger partial charge in [0.05, 0.1) is 0 Å². The minimum absolute atomic E-state index is 0. The van der Waals surface area contributed by atoms with E-state index in [1.54, 1.807) is 0 Å². The number of hydrogen-bond donors (Lipinski definition) is 2. The predicted octanol–water partition coefficient (Wildman–Crippen LogP) is 2.06. The van der Waals surface area contributed by atoms with Crippen molar-refractivity contribution in [2.45, 2.75) is 58.5 Å². The van der Waals surface area contributed by atoms with Gasteiger partial charge in [0.25, 0.3) is 0 Å². The fourth-order valence-electron chi connectivity index (χ4n) is 4.09. The third kappa shape index (κ3) is 8.83. The lowest BCUT2D eigenvalue weighted by molar-refractivity contribution is 0.107. The Morgan fingerprint density at radius 1 is 1.11 bits per heavy atom. The molecule has 0 saturated carbocycles. The summed E-state index contributed by atoms with van der Waals surface area (Å²) in [5.41, 5.74) is 0. The van der Waals surface area contributed by atoms with Crippen LogP contribution in [0, 0.1) is 0 Å². The van der Waals surface area contributed by atoms with Crippen molar-refractivity contribution in [1.29, 1.82) is 0 Å². The summed E-state index contributed by atoms with van der Waals surface area (Å²) in [7, 11) is 1.87. The summed E-state index contributed by atoms with van der Waals surface area (Å²) >= 11 is 0. The third-order valence-electron chi connectivity index (χ3n) is 6.12. The van der Waals surface area contributed by atoms with Gasteiger partial charge in [0.1, 0.15) is 0 Å². The number of nitrogens with one attached hydrogen (secondary N) is 2. The second-order valence-corrected chi connectivity index (χ2v) is 7.93. The summed E-state index contributed by atoms with van der Waals surface area (Å²) in [5.74, 6) is 0.940. The number of rotatable bonds is 8. The van der Waals surface area contributed by atoms with Gasteiger partial charge in [-0.25, -0.2) is 0 Å². The van der Waals surface area contributed by atoms with Crippen molar-refractivity contribution in [2.24, 2.45) is 4.99 Å². The number of piperazine rings is 1. The van der Waals surface area contributed by atoms with Crippen molar-refractivity contribution in [2.75, 3.05) is 66.0 Å². The minimum atomic E-state index is 0. The second-order valence-electron chi connectivity index (χ2n) is 7.93. The average molecular weight is 495 g/mol. The number of aliphatic imine (C=N–C) groups is 1. The topological polar surface area (TPSA) is 46.1 Å². The molecule has 0 spiro atoms. The van der Waals surface area contributed by atoms with E-state index in [0.717, 1.165) is 25.1 Å². The van der Waals surface area contributed by atoms with Crippen molar-refractivity contribution in [3.8, 4) is 0 Å². The van der Waals surface area contributed by atoms with Crippen molar-refractivity contribution >= 4 is 29.9 Å². The summed E-state index contributed by atoms with van der Waals surface area (Å²) < 4.78 is 0. The van der Waals surface area contributed by atoms with Crippen LogP contribution < -0.4 is 10.6 Å². The normalized spacial score (nSPS) is 24.3. The van der Waals surface area contributed by atoms with Crippen LogP contribution in [0.25, 0.3) is 0 Å². The highest BCUT2D eigenvalue weighted by Crippen LogP contribution is 2.16. The van der Waals surface area contributed by atoms with Crippen LogP contribution in [0.1, 0.15) is 46.5 Å². The fraction of sp³-hybridized carbons (Fsp3) is 0.950. The first-order valence-electron chi connectivity index (χ1n) is 10.8. The van der Waals surface area contributed by atoms with Crippen molar-refractivity contribution in [3.05, 3.63) is 0 Å². The first-order valence-corrected chi connectivity index (χ1v) is 10.8. The van der Waals surface area contributed by atoms with Crippen LogP contribution in [0.3, 0.4) is 0 Å². The molecule has 2 fully saturated rings. The Balaban J connectivity index is 0.00000364. The van der Waals surface area contributed by atoms with Gasteiger partial charge in [-0.3, -0.25) is 9.89 Å². The Bertz CT molecular complexity index is 411. The quantitative estimate of drug-likeness (QED) is 0.234. The monoisotopic (exact) mass is 494 g/mol. The SMILES string of the molecule is CCN1CCN(C(C)CNC(=NC)NCCCN2CCCCC2C)CC1.I. The zero-order chi connectivity index (χ0) is 18.8. The maximum atomic E-state index is 4.38. The van der Waals surface area contributed by atoms with Gasteiger partial charge in [-0.15, -0.1) is 24.0 Å². The number of halogens is 1. The molecule has 0 radical (unpaired) electrons. The molecule has 0 aromatic carbocycles. The molecule has 27 heavy (non-hydrogen) atoms. The number of hydrogen-bond acceptors (Lipinski definition) is 4. The Morgan fingerprint density at radius 3 is 2.48 bits per heavy atom. The van der Waals surface area contributed by atoms with Gasteiger partial charge in [0.2, 0.25) is 0 Å². The van der Waals surface area contributed by atoms with Gasteiger partial charge in [0.15, 0.2) is 5.96 Å². The summed E-state index contributed by atoms with van der Waals surface area (Å²) in [4.78, 5) is 12.1. The first kappa shape index (κ1) is 24.9. The molecular weight excluding hydrogens is 451 g/mol. The zero-order valence-electron chi connectivity index (χ0n) is 18.0. The molecule has 2 heterocycles. The van der Waals surface area contributed by atoms with E-state index in [1.165, 1.54) is 71.5 Å². The molecular formula is C20H43IN6. The molecule has 2 N–H and O–H groups in total. The van der Waals surface area contributed by atoms with Crippen LogP contribution in [-0.4, -0.2) is 98.7 Å². The maximum absolute atomic E-state index is 4.38. The molecule has 0 aromatic heterocycles. The smallest absolute Gasteiger partial charge is 0.191 e. The number of nitrogens with zero attached hydrogens (tertiary/aromatic N) is 4. The standard InChI is InChI=1S/C20H42N6.HI/c1-5-24-13-15-26(16-14-24)19(3)17-23-20(21-4)22-10-8-12-25-11-7-6-9-18(25)2;/h18-19H,5-17H2,1-4H3,(H2,21,22,23);1H. The summed E-state index contributed by atoms with van der Waals surface area (Å²) in [6.45, 7) is 17.3. The molecule has 2 unspecified atom stereocenters. The summed E-state index contributed by atoms with van der Waals surface area (Å²) in [6, 6.07) is 1.30. The van der Waals surface area contributed by atoms with Gasteiger partial charge < -0.3 is 20.4 Å². The molecule has 2 rings (SSSR count). The molecule has 0 amide bonds. The fourth-order valence-corrected chi connectivity index (χ4v) is 4.09. The van der Waals surface area contributed by atoms with Gasteiger partial charge >= 0.3 is 0 Å². The maximum Gasteiger partial charge on any atom is 0.191 e. The van der Waals surface area contributed by atoms with Gasteiger partial charge in [-0.1, -0.05) is 13.3 Å². The van der Waals surface area contributed by atoms with Crippen LogP contribution in [0.2, 0.25) is 0 Å². The average Bonchev–Trinajstić information content (AvgIpc) is 2.68. The predicted molar refractivity (Wildman–Crippen MR) is 127 cm³/mol. The van der Waals surface area contributed by atoms with Crippen LogP contribution in [0.4, 0.5) is 0 Å². The number of likely N-dealkylation sites (tertiary alicyclic amines) is 1. The first-order chi connectivity index (χ1) is 12.6. The summed E-state index contributed by atoms with van der Waals surface area (Å²) in [5, 5.41) is 6.99. The highest BCUT2D eigenvalue weighted by atomic mass is 127. The lowest BCUT2D eigenvalue weighted by Gasteiger charge is -2.37. The minimum Gasteiger partial charge on any atom is -0.356 e. The van der Waals surface area contributed by atoms with E-state index < -0.39 is 0 Å². The molecule has 2 aliphatic rings. The van der Waals surface area contributed by atoms with E-state index in [9.17, 15) is 0 Å². The molecule has 2 saturated heterocycles. The van der Waals surface area contributed by atoms with Gasteiger partial charge in [-0.05, 0) is 46.2 Å². The molecule has 7 heteroatoms. The number of likely N-dealkylation sites (N-methyl/N-ethyl adjacent to an activating group) is 1. The molecule has 0 aliphatic carbocycles. The highest BCUT2D eigenvalue weighted by Gasteiger charge is 2.20. The summed E-state index contributed by atoms with van der Waals surface area (Å²) in [6.07, 6.45) is 5.31. The number of piperidine rings is 1. The van der Waals surface area contributed by atoms with E-state index in [1.807, 2.05) is 7.05 Å². The van der Waals surface area contributed by atoms with Gasteiger partial charge in [-0.2, -0.15) is 0 Å².